The molecule has 0 radical (unpaired) electrons. The van der Waals surface area contributed by atoms with Crippen LogP contribution in [-0.4, -0.2) is 22.9 Å². The molecule has 0 atom stereocenters. The monoisotopic (exact) mass is 343 g/mol. The van der Waals surface area contributed by atoms with Crippen molar-refractivity contribution in [3.63, 3.8) is 0 Å². The summed E-state index contributed by atoms with van der Waals surface area (Å²) in [5.74, 6) is 0.719. The van der Waals surface area contributed by atoms with Crippen molar-refractivity contribution in [2.24, 2.45) is 4.99 Å². The smallest absolute Gasteiger partial charge is 0.244 e. The predicted molar refractivity (Wildman–Crippen MR) is 82.2 cm³/mol. The average Bonchev–Trinajstić information content (AvgIpc) is 2.71. The molecule has 1 aromatic carbocycles. The van der Waals surface area contributed by atoms with Gasteiger partial charge in [-0.05, 0) is 42.3 Å². The summed E-state index contributed by atoms with van der Waals surface area (Å²) in [5.41, 5.74) is 1.29. The van der Waals surface area contributed by atoms with Crippen LogP contribution in [0.4, 0.5) is 0 Å². The van der Waals surface area contributed by atoms with Crippen molar-refractivity contribution in [2.45, 2.75) is 0 Å². The van der Waals surface area contributed by atoms with Gasteiger partial charge in [-0.2, -0.15) is 0 Å². The van der Waals surface area contributed by atoms with E-state index in [2.05, 4.69) is 20.9 Å². The molecule has 94 valence electrons. The standard InChI is InChI=1S/C12H10BrNO2S2/c1-16-10-4-3-8(13)5-7(10)6-9-11(15)18-12(14-9)17-2/h3-6H,1-2H3. The van der Waals surface area contributed by atoms with E-state index in [-0.39, 0.29) is 5.12 Å². The van der Waals surface area contributed by atoms with Gasteiger partial charge in [0.25, 0.3) is 0 Å². The molecule has 2 rings (SSSR count). The number of aliphatic imine (C=N–C) groups is 1. The average molecular weight is 344 g/mol. The molecule has 18 heavy (non-hydrogen) atoms. The number of halogens is 1. The van der Waals surface area contributed by atoms with Crippen molar-refractivity contribution in [2.75, 3.05) is 13.4 Å². The highest BCUT2D eigenvalue weighted by molar-refractivity contribution is 9.10. The molecule has 0 aliphatic carbocycles. The van der Waals surface area contributed by atoms with Gasteiger partial charge in [-0.1, -0.05) is 15.9 Å². The Labute approximate surface area is 122 Å². The summed E-state index contributed by atoms with van der Waals surface area (Å²) in [7, 11) is 1.60. The van der Waals surface area contributed by atoms with Crippen molar-refractivity contribution in [1.82, 2.24) is 0 Å². The number of thioether (sulfide) groups is 2. The minimum absolute atomic E-state index is 0.0265. The summed E-state index contributed by atoms with van der Waals surface area (Å²) in [6.45, 7) is 0. The highest BCUT2D eigenvalue weighted by Gasteiger charge is 2.21. The molecule has 3 nitrogen and oxygen atoms in total. The first-order chi connectivity index (χ1) is 8.63. The highest BCUT2D eigenvalue weighted by Crippen LogP contribution is 2.32. The molecular formula is C12H10BrNO2S2. The van der Waals surface area contributed by atoms with Crippen LogP contribution < -0.4 is 4.74 Å². The molecule has 0 saturated carbocycles. The van der Waals surface area contributed by atoms with Gasteiger partial charge in [0.1, 0.15) is 15.8 Å². The lowest BCUT2D eigenvalue weighted by Crippen LogP contribution is -1.91. The van der Waals surface area contributed by atoms with E-state index in [4.69, 9.17) is 4.74 Å². The summed E-state index contributed by atoms with van der Waals surface area (Å²) in [5, 5.41) is -0.0265. The number of carbonyl (C=O) groups excluding carboxylic acids is 1. The summed E-state index contributed by atoms with van der Waals surface area (Å²) < 4.78 is 6.97. The Morgan fingerprint density at radius 3 is 2.89 bits per heavy atom. The number of rotatable bonds is 2. The molecule has 1 aromatic rings. The molecule has 0 amide bonds. The maximum absolute atomic E-state index is 11.7. The lowest BCUT2D eigenvalue weighted by Gasteiger charge is -2.05. The van der Waals surface area contributed by atoms with Gasteiger partial charge < -0.3 is 4.74 Å². The van der Waals surface area contributed by atoms with Crippen molar-refractivity contribution in [3.05, 3.63) is 33.9 Å². The van der Waals surface area contributed by atoms with E-state index in [1.807, 2.05) is 24.5 Å². The van der Waals surface area contributed by atoms with Crippen molar-refractivity contribution in [3.8, 4) is 5.75 Å². The molecule has 0 spiro atoms. The van der Waals surface area contributed by atoms with E-state index < -0.39 is 0 Å². The minimum atomic E-state index is -0.0265. The molecule has 0 unspecified atom stereocenters. The zero-order chi connectivity index (χ0) is 13.1. The van der Waals surface area contributed by atoms with Crippen LogP contribution in [-0.2, 0) is 4.79 Å². The van der Waals surface area contributed by atoms with Gasteiger partial charge in [0.2, 0.25) is 5.12 Å². The van der Waals surface area contributed by atoms with Crippen LogP contribution in [0, 0.1) is 0 Å². The van der Waals surface area contributed by atoms with E-state index in [1.54, 1.807) is 13.2 Å². The summed E-state index contributed by atoms with van der Waals surface area (Å²) in [4.78, 5) is 16.0. The van der Waals surface area contributed by atoms with Crippen LogP contribution in [0.25, 0.3) is 6.08 Å². The van der Waals surface area contributed by atoms with Gasteiger partial charge in [0.15, 0.2) is 0 Å². The summed E-state index contributed by atoms with van der Waals surface area (Å²) >= 11 is 6.04. The Balaban J connectivity index is 2.41. The zero-order valence-corrected chi connectivity index (χ0v) is 13.0. The SMILES string of the molecule is COc1ccc(Br)cc1C=C1N=C(SC)SC1=O. The first-order valence-corrected chi connectivity index (χ1v) is 7.87. The summed E-state index contributed by atoms with van der Waals surface area (Å²) in [6, 6.07) is 5.64. The van der Waals surface area contributed by atoms with E-state index >= 15 is 0 Å². The number of methoxy groups -OCH3 is 1. The lowest BCUT2D eigenvalue weighted by atomic mass is 10.1. The molecule has 1 heterocycles. The minimum Gasteiger partial charge on any atom is -0.496 e. The van der Waals surface area contributed by atoms with Crippen LogP contribution in [0.2, 0.25) is 0 Å². The molecule has 0 bridgehead atoms. The van der Waals surface area contributed by atoms with Gasteiger partial charge in [0.05, 0.1) is 7.11 Å². The number of ether oxygens (including phenoxy) is 1. The fraction of sp³-hybridized carbons (Fsp3) is 0.167. The van der Waals surface area contributed by atoms with Gasteiger partial charge >= 0.3 is 0 Å². The second-order valence-electron chi connectivity index (χ2n) is 3.39. The molecular weight excluding hydrogens is 334 g/mol. The van der Waals surface area contributed by atoms with Crippen molar-refractivity contribution < 1.29 is 9.53 Å². The van der Waals surface area contributed by atoms with Gasteiger partial charge in [-0.3, -0.25) is 4.79 Å². The fourth-order valence-corrected chi connectivity index (χ4v) is 3.08. The molecule has 1 aliphatic rings. The Morgan fingerprint density at radius 2 is 2.28 bits per heavy atom. The number of nitrogens with zero attached hydrogens (tertiary/aromatic N) is 1. The summed E-state index contributed by atoms with van der Waals surface area (Å²) in [6.07, 6.45) is 3.66. The Bertz CT molecular complexity index is 555. The maximum Gasteiger partial charge on any atom is 0.244 e. The molecule has 0 saturated heterocycles. The van der Waals surface area contributed by atoms with E-state index in [0.717, 1.165) is 31.9 Å². The molecule has 0 aromatic heterocycles. The van der Waals surface area contributed by atoms with Crippen LogP contribution in [0.5, 0.6) is 5.75 Å². The first kappa shape index (κ1) is 13.7. The molecule has 0 N–H and O–H groups in total. The third-order valence-electron chi connectivity index (χ3n) is 2.26. The van der Waals surface area contributed by atoms with Crippen molar-refractivity contribution >= 4 is 55.0 Å². The van der Waals surface area contributed by atoms with Crippen LogP contribution >= 0.6 is 39.5 Å². The number of hydrogen-bond acceptors (Lipinski definition) is 5. The number of hydrogen-bond donors (Lipinski definition) is 0. The quantitative estimate of drug-likeness (QED) is 0.765. The Kier molecular flexibility index (Phi) is 4.53. The highest BCUT2D eigenvalue weighted by atomic mass is 79.9. The number of carbonyl (C=O) groups is 1. The van der Waals surface area contributed by atoms with Crippen LogP contribution in [0.1, 0.15) is 5.56 Å². The van der Waals surface area contributed by atoms with Gasteiger partial charge in [-0.15, -0.1) is 11.8 Å². The topological polar surface area (TPSA) is 38.7 Å². The second-order valence-corrected chi connectivity index (χ2v) is 6.32. The Morgan fingerprint density at radius 1 is 1.50 bits per heavy atom. The zero-order valence-electron chi connectivity index (χ0n) is 9.77. The van der Waals surface area contributed by atoms with Gasteiger partial charge in [-0.25, -0.2) is 4.99 Å². The van der Waals surface area contributed by atoms with E-state index in [9.17, 15) is 4.79 Å². The predicted octanol–water partition coefficient (Wildman–Crippen LogP) is 3.79. The van der Waals surface area contributed by atoms with Crippen molar-refractivity contribution in [1.29, 1.82) is 0 Å². The largest absolute Gasteiger partial charge is 0.496 e. The van der Waals surface area contributed by atoms with Gasteiger partial charge in [0, 0.05) is 10.0 Å². The lowest BCUT2D eigenvalue weighted by molar-refractivity contribution is -0.107. The maximum atomic E-state index is 11.7. The number of benzene rings is 1. The van der Waals surface area contributed by atoms with Crippen LogP contribution in [0.3, 0.4) is 0 Å². The molecule has 1 aliphatic heterocycles. The molecule has 6 heteroatoms. The Hall–Kier alpha value is -0.720. The van der Waals surface area contributed by atoms with E-state index in [1.165, 1.54) is 11.8 Å². The molecule has 0 fully saturated rings. The fourth-order valence-electron chi connectivity index (χ4n) is 1.44. The van der Waals surface area contributed by atoms with E-state index in [0.29, 0.717) is 5.70 Å². The first-order valence-electron chi connectivity index (χ1n) is 5.04. The normalized spacial score (nSPS) is 17.2. The third kappa shape index (κ3) is 2.99. The third-order valence-corrected chi connectivity index (χ3v) is 4.60. The van der Waals surface area contributed by atoms with Crippen LogP contribution in [0.15, 0.2) is 33.4 Å². The second kappa shape index (κ2) is 5.95.